The maximum atomic E-state index is 10.9. The Bertz CT molecular complexity index is 534. The highest BCUT2D eigenvalue weighted by molar-refractivity contribution is 9.10. The molecule has 0 spiro atoms. The van der Waals surface area contributed by atoms with Crippen LogP contribution < -0.4 is 4.74 Å². The maximum Gasteiger partial charge on any atom is 0.153 e. The van der Waals surface area contributed by atoms with Crippen LogP contribution in [0, 0.1) is 6.92 Å². The molecule has 0 aliphatic carbocycles. The molecule has 0 amide bonds. The van der Waals surface area contributed by atoms with Gasteiger partial charge in [0, 0.05) is 4.47 Å². The first kappa shape index (κ1) is 12.3. The predicted molar refractivity (Wildman–Crippen MR) is 72.9 cm³/mol. The van der Waals surface area contributed by atoms with Gasteiger partial charge in [-0.1, -0.05) is 12.1 Å². The first-order valence-corrected chi connectivity index (χ1v) is 6.79. The molecule has 2 rings (SSSR count). The average Bonchev–Trinajstić information content (AvgIpc) is 2.73. The topological polar surface area (TPSA) is 26.3 Å². The molecule has 1 aromatic carbocycles. The third-order valence-electron chi connectivity index (χ3n) is 2.41. The van der Waals surface area contributed by atoms with Gasteiger partial charge in [-0.3, -0.25) is 4.79 Å². The molecule has 4 heteroatoms. The van der Waals surface area contributed by atoms with Crippen molar-refractivity contribution in [3.8, 4) is 5.75 Å². The molecule has 17 heavy (non-hydrogen) atoms. The van der Waals surface area contributed by atoms with Crippen LogP contribution in [0.5, 0.6) is 5.75 Å². The number of hydrogen-bond donors (Lipinski definition) is 0. The Labute approximate surface area is 112 Å². The molecule has 0 fully saturated rings. The van der Waals surface area contributed by atoms with Crippen molar-refractivity contribution < 1.29 is 9.53 Å². The summed E-state index contributed by atoms with van der Waals surface area (Å²) in [5.41, 5.74) is 1.57. The van der Waals surface area contributed by atoms with Crippen molar-refractivity contribution in [1.29, 1.82) is 0 Å². The standard InChI is InChI=1S/C13H11BrO2S/c1-9-3-2-4-10(7-15)13(9)16-8-12-11(14)5-6-17-12/h2-7H,8H2,1H3. The highest BCUT2D eigenvalue weighted by Crippen LogP contribution is 2.27. The number of hydrogen-bond acceptors (Lipinski definition) is 3. The van der Waals surface area contributed by atoms with E-state index in [-0.39, 0.29) is 0 Å². The van der Waals surface area contributed by atoms with Crippen LogP contribution in [0.15, 0.2) is 34.1 Å². The molecule has 1 aromatic heterocycles. The van der Waals surface area contributed by atoms with Gasteiger partial charge in [0.1, 0.15) is 12.4 Å². The largest absolute Gasteiger partial charge is 0.487 e. The molecule has 0 unspecified atom stereocenters. The predicted octanol–water partition coefficient (Wildman–Crippen LogP) is 4.21. The van der Waals surface area contributed by atoms with Gasteiger partial charge in [-0.15, -0.1) is 11.3 Å². The molecule has 0 saturated carbocycles. The lowest BCUT2D eigenvalue weighted by atomic mass is 10.1. The number of para-hydroxylation sites is 1. The Morgan fingerprint density at radius 3 is 2.88 bits per heavy atom. The Morgan fingerprint density at radius 1 is 1.41 bits per heavy atom. The van der Waals surface area contributed by atoms with E-state index in [9.17, 15) is 4.79 Å². The SMILES string of the molecule is Cc1cccc(C=O)c1OCc1sccc1Br. The zero-order valence-corrected chi connectivity index (χ0v) is 11.7. The summed E-state index contributed by atoms with van der Waals surface area (Å²) in [5, 5.41) is 2.00. The van der Waals surface area contributed by atoms with Gasteiger partial charge in [-0.2, -0.15) is 0 Å². The highest BCUT2D eigenvalue weighted by atomic mass is 79.9. The average molecular weight is 311 g/mol. The molecule has 0 saturated heterocycles. The smallest absolute Gasteiger partial charge is 0.153 e. The summed E-state index contributed by atoms with van der Waals surface area (Å²) in [6.45, 7) is 2.41. The number of ether oxygens (including phenoxy) is 1. The minimum atomic E-state index is 0.476. The Balaban J connectivity index is 2.19. The minimum absolute atomic E-state index is 0.476. The first-order valence-electron chi connectivity index (χ1n) is 5.12. The number of halogens is 1. The molecule has 0 aliphatic rings. The molecular formula is C13H11BrO2S. The zero-order chi connectivity index (χ0) is 12.3. The van der Waals surface area contributed by atoms with Crippen molar-refractivity contribution in [2.24, 2.45) is 0 Å². The lowest BCUT2D eigenvalue weighted by Gasteiger charge is -2.10. The van der Waals surface area contributed by atoms with Crippen LogP contribution in [0.2, 0.25) is 0 Å². The number of carbonyl (C=O) groups excluding carboxylic acids is 1. The van der Waals surface area contributed by atoms with Gasteiger partial charge in [-0.25, -0.2) is 0 Å². The molecule has 0 aliphatic heterocycles. The molecule has 2 nitrogen and oxygen atoms in total. The van der Waals surface area contributed by atoms with Gasteiger partial charge in [0.15, 0.2) is 6.29 Å². The maximum absolute atomic E-state index is 10.9. The molecule has 0 bridgehead atoms. The number of rotatable bonds is 4. The summed E-state index contributed by atoms with van der Waals surface area (Å²) >= 11 is 5.08. The van der Waals surface area contributed by atoms with Gasteiger partial charge in [0.05, 0.1) is 10.4 Å². The molecule has 0 N–H and O–H groups in total. The second-order valence-corrected chi connectivity index (χ2v) is 5.45. The van der Waals surface area contributed by atoms with Gasteiger partial charge in [0.2, 0.25) is 0 Å². The highest BCUT2D eigenvalue weighted by Gasteiger charge is 2.08. The van der Waals surface area contributed by atoms with Crippen LogP contribution in [0.4, 0.5) is 0 Å². The monoisotopic (exact) mass is 310 g/mol. The lowest BCUT2D eigenvalue weighted by molar-refractivity contribution is 0.111. The van der Waals surface area contributed by atoms with Crippen molar-refractivity contribution in [3.63, 3.8) is 0 Å². The summed E-state index contributed by atoms with van der Waals surface area (Å²) in [6.07, 6.45) is 0.825. The molecular weight excluding hydrogens is 300 g/mol. The number of benzene rings is 1. The lowest BCUT2D eigenvalue weighted by Crippen LogP contribution is -1.99. The zero-order valence-electron chi connectivity index (χ0n) is 9.27. The van der Waals surface area contributed by atoms with E-state index < -0.39 is 0 Å². The fourth-order valence-electron chi connectivity index (χ4n) is 1.53. The van der Waals surface area contributed by atoms with E-state index >= 15 is 0 Å². The molecule has 0 radical (unpaired) electrons. The van der Waals surface area contributed by atoms with E-state index in [0.29, 0.717) is 17.9 Å². The molecule has 2 aromatic rings. The van der Waals surface area contributed by atoms with Crippen molar-refractivity contribution >= 4 is 33.6 Å². The normalized spacial score (nSPS) is 10.2. The van der Waals surface area contributed by atoms with Crippen LogP contribution in [-0.2, 0) is 6.61 Å². The summed E-state index contributed by atoms with van der Waals surface area (Å²) < 4.78 is 6.78. The number of aldehydes is 1. The summed E-state index contributed by atoms with van der Waals surface area (Å²) in [6, 6.07) is 7.54. The minimum Gasteiger partial charge on any atom is -0.487 e. The van der Waals surface area contributed by atoms with Crippen molar-refractivity contribution in [2.75, 3.05) is 0 Å². The van der Waals surface area contributed by atoms with E-state index in [1.54, 1.807) is 17.4 Å². The second-order valence-electron chi connectivity index (χ2n) is 3.59. The fraction of sp³-hybridized carbons (Fsp3) is 0.154. The number of thiophene rings is 1. The summed E-state index contributed by atoms with van der Waals surface area (Å²) in [4.78, 5) is 12.0. The van der Waals surface area contributed by atoms with Crippen LogP contribution in [-0.4, -0.2) is 6.29 Å². The van der Waals surface area contributed by atoms with E-state index in [2.05, 4.69) is 15.9 Å². The van der Waals surface area contributed by atoms with E-state index in [4.69, 9.17) is 4.74 Å². The van der Waals surface area contributed by atoms with Crippen molar-refractivity contribution in [3.05, 3.63) is 50.1 Å². The summed E-state index contributed by atoms with van der Waals surface area (Å²) in [5.74, 6) is 0.669. The Kier molecular flexibility index (Phi) is 3.97. The van der Waals surface area contributed by atoms with E-state index in [1.165, 1.54) is 0 Å². The van der Waals surface area contributed by atoms with Crippen LogP contribution in [0.1, 0.15) is 20.8 Å². The third kappa shape index (κ3) is 2.76. The molecule has 1 heterocycles. The van der Waals surface area contributed by atoms with Gasteiger partial charge in [-0.05, 0) is 45.9 Å². The van der Waals surface area contributed by atoms with E-state index in [1.807, 2.05) is 30.5 Å². The van der Waals surface area contributed by atoms with E-state index in [0.717, 1.165) is 21.2 Å². The molecule has 88 valence electrons. The van der Waals surface area contributed by atoms with Gasteiger partial charge >= 0.3 is 0 Å². The quantitative estimate of drug-likeness (QED) is 0.791. The Morgan fingerprint density at radius 2 is 2.24 bits per heavy atom. The van der Waals surface area contributed by atoms with Gasteiger partial charge < -0.3 is 4.74 Å². The van der Waals surface area contributed by atoms with Crippen molar-refractivity contribution in [2.45, 2.75) is 13.5 Å². The van der Waals surface area contributed by atoms with Crippen molar-refractivity contribution in [1.82, 2.24) is 0 Å². The van der Waals surface area contributed by atoms with Crippen LogP contribution >= 0.6 is 27.3 Å². The second kappa shape index (κ2) is 5.47. The Hall–Kier alpha value is -1.13. The molecule has 0 atom stereocenters. The first-order chi connectivity index (χ1) is 8.22. The van der Waals surface area contributed by atoms with Crippen LogP contribution in [0.3, 0.4) is 0 Å². The number of aryl methyl sites for hydroxylation is 1. The third-order valence-corrected chi connectivity index (χ3v) is 4.31. The summed E-state index contributed by atoms with van der Waals surface area (Å²) in [7, 11) is 0. The van der Waals surface area contributed by atoms with Gasteiger partial charge in [0.25, 0.3) is 0 Å². The van der Waals surface area contributed by atoms with Crippen LogP contribution in [0.25, 0.3) is 0 Å². The number of carbonyl (C=O) groups is 1. The fourth-order valence-corrected chi connectivity index (χ4v) is 2.91.